The van der Waals surface area contributed by atoms with Gasteiger partial charge in [0.2, 0.25) is 0 Å². The summed E-state index contributed by atoms with van der Waals surface area (Å²) >= 11 is 0. The smallest absolute Gasteiger partial charge is 0.177 e. The van der Waals surface area contributed by atoms with E-state index in [2.05, 4.69) is 9.80 Å². The Morgan fingerprint density at radius 2 is 2.10 bits per heavy atom. The molecule has 6 heteroatoms. The first-order valence-corrected chi connectivity index (χ1v) is 8.69. The normalized spacial score (nSPS) is 19.8. The highest BCUT2D eigenvalue weighted by molar-refractivity contribution is 7.90. The van der Waals surface area contributed by atoms with E-state index in [0.717, 1.165) is 31.6 Å². The van der Waals surface area contributed by atoms with Crippen LogP contribution in [0.4, 0.5) is 11.4 Å². The fraction of sp³-hybridized carbons (Fsp3) is 0.571. The molecule has 20 heavy (non-hydrogen) atoms. The molecule has 0 aromatic heterocycles. The summed E-state index contributed by atoms with van der Waals surface area (Å²) in [6.45, 7) is 1.87. The van der Waals surface area contributed by atoms with Crippen LogP contribution in [-0.2, 0) is 9.84 Å². The highest BCUT2D eigenvalue weighted by Crippen LogP contribution is 2.34. The molecule has 0 radical (unpaired) electrons. The maximum absolute atomic E-state index is 11.8. The molecule has 1 fully saturated rings. The van der Waals surface area contributed by atoms with Crippen LogP contribution in [0.15, 0.2) is 23.1 Å². The number of sulfone groups is 1. The van der Waals surface area contributed by atoms with Crippen molar-refractivity contribution in [3.63, 3.8) is 0 Å². The van der Waals surface area contributed by atoms with Crippen molar-refractivity contribution in [1.29, 1.82) is 0 Å². The number of para-hydroxylation sites is 1. The van der Waals surface area contributed by atoms with Gasteiger partial charge in [-0.1, -0.05) is 6.07 Å². The zero-order valence-electron chi connectivity index (χ0n) is 12.3. The Hall–Kier alpha value is -1.27. The Bertz CT molecular complexity index is 584. The lowest BCUT2D eigenvalue weighted by Gasteiger charge is -2.30. The Morgan fingerprint density at radius 1 is 1.40 bits per heavy atom. The summed E-state index contributed by atoms with van der Waals surface area (Å²) in [5.74, 6) is 0. The van der Waals surface area contributed by atoms with Crippen molar-refractivity contribution >= 4 is 21.2 Å². The molecule has 0 aliphatic carbocycles. The summed E-state index contributed by atoms with van der Waals surface area (Å²) in [5.41, 5.74) is 7.33. The molecule has 1 aromatic rings. The van der Waals surface area contributed by atoms with Crippen molar-refractivity contribution in [3.05, 3.63) is 18.2 Å². The van der Waals surface area contributed by atoms with Crippen LogP contribution in [0.25, 0.3) is 0 Å². The van der Waals surface area contributed by atoms with Crippen molar-refractivity contribution in [2.45, 2.75) is 23.8 Å². The third-order valence-corrected chi connectivity index (χ3v) is 4.86. The van der Waals surface area contributed by atoms with Gasteiger partial charge in [0.05, 0.1) is 16.3 Å². The van der Waals surface area contributed by atoms with Crippen LogP contribution in [0.5, 0.6) is 0 Å². The lowest BCUT2D eigenvalue weighted by Crippen LogP contribution is -2.38. The minimum absolute atomic E-state index is 0.227. The molecule has 0 spiro atoms. The van der Waals surface area contributed by atoms with Crippen LogP contribution >= 0.6 is 0 Å². The first-order chi connectivity index (χ1) is 9.30. The molecule has 1 saturated heterocycles. The van der Waals surface area contributed by atoms with Crippen LogP contribution in [0.1, 0.15) is 12.8 Å². The van der Waals surface area contributed by atoms with E-state index < -0.39 is 9.84 Å². The largest absolute Gasteiger partial charge is 0.396 e. The van der Waals surface area contributed by atoms with E-state index in [4.69, 9.17) is 5.73 Å². The second-order valence-corrected chi connectivity index (χ2v) is 7.70. The number of nitrogen functional groups attached to an aromatic ring is 1. The van der Waals surface area contributed by atoms with E-state index in [0.29, 0.717) is 11.7 Å². The molecule has 1 heterocycles. The van der Waals surface area contributed by atoms with Crippen LogP contribution in [-0.4, -0.2) is 52.8 Å². The van der Waals surface area contributed by atoms with Gasteiger partial charge in [0.1, 0.15) is 0 Å². The van der Waals surface area contributed by atoms with Gasteiger partial charge in [-0.25, -0.2) is 8.42 Å². The number of likely N-dealkylation sites (N-methyl/N-ethyl adjacent to an activating group) is 1. The standard InChI is InChI=1S/C14H23N3O2S/c1-16(2)10-11-6-5-9-17(11)12-7-4-8-13(14(12)15)20(3,18)19/h4,7-8,11H,5-6,9-10,15H2,1-3H3. The number of anilines is 2. The zero-order chi connectivity index (χ0) is 14.9. The average molecular weight is 297 g/mol. The van der Waals surface area contributed by atoms with E-state index in [9.17, 15) is 8.42 Å². The number of benzene rings is 1. The van der Waals surface area contributed by atoms with Gasteiger partial charge < -0.3 is 15.5 Å². The summed E-state index contributed by atoms with van der Waals surface area (Å²) in [7, 11) is 0.809. The molecule has 112 valence electrons. The molecule has 2 rings (SSSR count). The van der Waals surface area contributed by atoms with Crippen LogP contribution in [0, 0.1) is 0 Å². The third kappa shape index (κ3) is 3.07. The molecular formula is C14H23N3O2S. The van der Waals surface area contributed by atoms with Crippen LogP contribution in [0.2, 0.25) is 0 Å². The molecular weight excluding hydrogens is 274 g/mol. The topological polar surface area (TPSA) is 66.6 Å². The second kappa shape index (κ2) is 5.61. The molecule has 5 nitrogen and oxygen atoms in total. The summed E-state index contributed by atoms with van der Waals surface area (Å²) in [4.78, 5) is 4.62. The fourth-order valence-corrected chi connectivity index (χ4v) is 3.70. The van der Waals surface area contributed by atoms with Gasteiger partial charge in [-0.05, 0) is 39.1 Å². The summed E-state index contributed by atoms with van der Waals surface area (Å²) in [5, 5.41) is 0. The van der Waals surface area contributed by atoms with Gasteiger partial charge in [-0.15, -0.1) is 0 Å². The van der Waals surface area contributed by atoms with Crippen molar-refractivity contribution < 1.29 is 8.42 Å². The molecule has 1 aliphatic heterocycles. The van der Waals surface area contributed by atoms with Crippen LogP contribution < -0.4 is 10.6 Å². The highest BCUT2D eigenvalue weighted by Gasteiger charge is 2.28. The number of nitrogens with two attached hydrogens (primary N) is 1. The lowest BCUT2D eigenvalue weighted by atomic mass is 10.2. The Morgan fingerprint density at radius 3 is 2.70 bits per heavy atom. The molecule has 1 atom stereocenters. The summed E-state index contributed by atoms with van der Waals surface area (Å²) in [6.07, 6.45) is 3.42. The van der Waals surface area contributed by atoms with E-state index in [1.54, 1.807) is 12.1 Å². The van der Waals surface area contributed by atoms with Gasteiger partial charge >= 0.3 is 0 Å². The van der Waals surface area contributed by atoms with Crippen molar-refractivity contribution in [2.75, 3.05) is 44.1 Å². The fourth-order valence-electron chi connectivity index (χ4n) is 2.87. The maximum Gasteiger partial charge on any atom is 0.177 e. The van der Waals surface area contributed by atoms with Crippen LogP contribution in [0.3, 0.4) is 0 Å². The maximum atomic E-state index is 11.8. The van der Waals surface area contributed by atoms with Crippen molar-refractivity contribution in [2.24, 2.45) is 0 Å². The van der Waals surface area contributed by atoms with Gasteiger partial charge in [-0.3, -0.25) is 0 Å². The SMILES string of the molecule is CN(C)CC1CCCN1c1cccc(S(C)(=O)=O)c1N. The molecule has 1 aliphatic rings. The van der Waals surface area contributed by atoms with E-state index in [-0.39, 0.29) is 4.90 Å². The van der Waals surface area contributed by atoms with Gasteiger partial charge in [-0.2, -0.15) is 0 Å². The number of hydrogen-bond acceptors (Lipinski definition) is 5. The highest BCUT2D eigenvalue weighted by atomic mass is 32.2. The summed E-state index contributed by atoms with van der Waals surface area (Å²) < 4.78 is 23.5. The van der Waals surface area contributed by atoms with E-state index in [1.807, 2.05) is 20.2 Å². The number of hydrogen-bond donors (Lipinski definition) is 1. The quantitative estimate of drug-likeness (QED) is 0.846. The average Bonchev–Trinajstić information content (AvgIpc) is 2.75. The van der Waals surface area contributed by atoms with Gasteiger partial charge in [0.15, 0.2) is 9.84 Å². The zero-order valence-corrected chi connectivity index (χ0v) is 13.2. The first-order valence-electron chi connectivity index (χ1n) is 6.80. The molecule has 0 bridgehead atoms. The van der Waals surface area contributed by atoms with E-state index in [1.165, 1.54) is 6.26 Å². The first kappa shape index (κ1) is 15.1. The van der Waals surface area contributed by atoms with Gasteiger partial charge in [0.25, 0.3) is 0 Å². The molecule has 1 aromatic carbocycles. The Kier molecular flexibility index (Phi) is 4.25. The van der Waals surface area contributed by atoms with E-state index >= 15 is 0 Å². The Balaban J connectivity index is 2.38. The number of nitrogens with zero attached hydrogens (tertiary/aromatic N) is 2. The second-order valence-electron chi connectivity index (χ2n) is 5.71. The summed E-state index contributed by atoms with van der Waals surface area (Å²) in [6, 6.07) is 5.65. The minimum atomic E-state index is -3.29. The minimum Gasteiger partial charge on any atom is -0.396 e. The predicted molar refractivity (Wildman–Crippen MR) is 82.9 cm³/mol. The Labute approximate surface area is 121 Å². The van der Waals surface area contributed by atoms with Crippen molar-refractivity contribution in [3.8, 4) is 0 Å². The van der Waals surface area contributed by atoms with Gasteiger partial charge in [0, 0.05) is 25.4 Å². The number of rotatable bonds is 4. The predicted octanol–water partition coefficient (Wildman–Crippen LogP) is 1.20. The lowest BCUT2D eigenvalue weighted by molar-refractivity contribution is 0.372. The van der Waals surface area contributed by atoms with Crippen molar-refractivity contribution in [1.82, 2.24) is 4.90 Å². The molecule has 2 N–H and O–H groups in total. The molecule has 0 saturated carbocycles. The third-order valence-electron chi connectivity index (χ3n) is 3.71. The monoisotopic (exact) mass is 297 g/mol. The molecule has 0 amide bonds. The molecule has 1 unspecified atom stereocenters.